The Hall–Kier alpha value is -2.49. The highest BCUT2D eigenvalue weighted by atomic mass is 79.9. The fourth-order valence-corrected chi connectivity index (χ4v) is 5.91. The van der Waals surface area contributed by atoms with Gasteiger partial charge in [0.1, 0.15) is 5.75 Å². The Labute approximate surface area is 194 Å². The summed E-state index contributed by atoms with van der Waals surface area (Å²) in [4.78, 5) is 32.4. The van der Waals surface area contributed by atoms with E-state index in [1.807, 2.05) is 42.5 Å². The summed E-state index contributed by atoms with van der Waals surface area (Å²) in [5.74, 6) is 0.221. The number of aromatic nitrogens is 1. The molecular formula is C22H19BrN2O4S2. The minimum Gasteiger partial charge on any atom is -0.497 e. The quantitative estimate of drug-likeness (QED) is 0.483. The Bertz CT molecular complexity index is 1350. The first kappa shape index (κ1) is 21.7. The van der Waals surface area contributed by atoms with Crippen molar-refractivity contribution in [3.63, 3.8) is 0 Å². The molecule has 0 aliphatic carbocycles. The highest BCUT2D eigenvalue weighted by Gasteiger charge is 2.33. The molecule has 0 bridgehead atoms. The van der Waals surface area contributed by atoms with Crippen LogP contribution in [0.25, 0.3) is 6.08 Å². The largest absolute Gasteiger partial charge is 0.497 e. The first-order chi connectivity index (χ1) is 14.9. The second kappa shape index (κ2) is 8.94. The Morgan fingerprint density at radius 1 is 1.23 bits per heavy atom. The molecule has 4 rings (SSSR count). The number of hydrogen-bond acceptors (Lipinski definition) is 7. The van der Waals surface area contributed by atoms with Gasteiger partial charge in [-0.1, -0.05) is 23.5 Å². The molecule has 0 amide bonds. The number of nitrogens with zero attached hydrogens (tertiary/aromatic N) is 2. The number of fused-ring (bicyclic) bond motifs is 1. The molecular weight excluding hydrogens is 500 g/mol. The maximum absolute atomic E-state index is 13.4. The van der Waals surface area contributed by atoms with Gasteiger partial charge in [0.2, 0.25) is 0 Å². The predicted octanol–water partition coefficient (Wildman–Crippen LogP) is 3.63. The lowest BCUT2D eigenvalue weighted by molar-refractivity contribution is -0.139. The van der Waals surface area contributed by atoms with Gasteiger partial charge >= 0.3 is 5.97 Å². The molecule has 3 heterocycles. The summed E-state index contributed by atoms with van der Waals surface area (Å²) in [7, 11) is 1.59. The molecule has 160 valence electrons. The van der Waals surface area contributed by atoms with E-state index >= 15 is 0 Å². The third kappa shape index (κ3) is 4.17. The summed E-state index contributed by atoms with van der Waals surface area (Å²) in [6.07, 6.45) is 1.85. The normalized spacial score (nSPS) is 16.1. The first-order valence-electron chi connectivity index (χ1n) is 9.52. The van der Waals surface area contributed by atoms with E-state index in [0.29, 0.717) is 26.4 Å². The van der Waals surface area contributed by atoms with Crippen molar-refractivity contribution in [2.75, 3.05) is 13.7 Å². The molecule has 2 aromatic heterocycles. The van der Waals surface area contributed by atoms with Gasteiger partial charge in [0.05, 0.1) is 39.3 Å². The maximum atomic E-state index is 13.4. The molecule has 0 radical (unpaired) electrons. The Morgan fingerprint density at radius 3 is 2.58 bits per heavy atom. The zero-order valence-corrected chi connectivity index (χ0v) is 20.3. The van der Waals surface area contributed by atoms with Crippen LogP contribution >= 0.6 is 38.6 Å². The number of rotatable bonds is 5. The molecule has 9 heteroatoms. The number of ether oxygens (including phenoxy) is 2. The number of carbonyl (C=O) groups excluding carboxylic acids is 1. The molecule has 0 fully saturated rings. The van der Waals surface area contributed by atoms with E-state index in [1.165, 1.54) is 11.3 Å². The lowest BCUT2D eigenvalue weighted by atomic mass is 9.96. The molecule has 0 N–H and O–H groups in total. The SMILES string of the molecule is CCOC(=O)C1=C(C)N=c2s/c(=C\c3ccc(Br)s3)c(=O)n2[C@H]1c1ccc(OC)cc1. The summed E-state index contributed by atoms with van der Waals surface area (Å²) in [5, 5.41) is 0. The zero-order valence-electron chi connectivity index (χ0n) is 17.0. The van der Waals surface area contributed by atoms with E-state index in [2.05, 4.69) is 20.9 Å². The summed E-state index contributed by atoms with van der Waals surface area (Å²) in [5.41, 5.74) is 1.50. The van der Waals surface area contributed by atoms with E-state index in [0.717, 1.165) is 14.2 Å². The minimum atomic E-state index is -0.626. The van der Waals surface area contributed by atoms with Crippen LogP contribution < -0.4 is 19.6 Å². The number of thiophene rings is 1. The van der Waals surface area contributed by atoms with Gasteiger partial charge in [-0.05, 0) is 65.7 Å². The number of allylic oxidation sites excluding steroid dienone is 1. The van der Waals surface area contributed by atoms with Gasteiger partial charge in [0, 0.05) is 4.88 Å². The molecule has 0 unspecified atom stereocenters. The first-order valence-corrected chi connectivity index (χ1v) is 11.9. The number of esters is 1. The fraction of sp³-hybridized carbons (Fsp3) is 0.227. The molecule has 0 saturated carbocycles. The smallest absolute Gasteiger partial charge is 0.338 e. The van der Waals surface area contributed by atoms with Crippen LogP contribution in [-0.4, -0.2) is 24.3 Å². The second-order valence-corrected chi connectivity index (χ2v) is 10.2. The minimum absolute atomic E-state index is 0.191. The van der Waals surface area contributed by atoms with Crippen LogP contribution in [-0.2, 0) is 9.53 Å². The summed E-state index contributed by atoms with van der Waals surface area (Å²) < 4.78 is 13.7. The van der Waals surface area contributed by atoms with Crippen LogP contribution in [0, 0.1) is 0 Å². The molecule has 1 aliphatic heterocycles. The molecule has 0 saturated heterocycles. The van der Waals surface area contributed by atoms with Crippen molar-refractivity contribution in [3.8, 4) is 5.75 Å². The van der Waals surface area contributed by atoms with Crippen LogP contribution in [0.5, 0.6) is 5.75 Å². The highest BCUT2D eigenvalue weighted by molar-refractivity contribution is 9.11. The Morgan fingerprint density at radius 2 is 1.97 bits per heavy atom. The number of hydrogen-bond donors (Lipinski definition) is 0. The van der Waals surface area contributed by atoms with Gasteiger partial charge in [-0.2, -0.15) is 0 Å². The van der Waals surface area contributed by atoms with Crippen molar-refractivity contribution >= 4 is 50.6 Å². The number of thiazole rings is 1. The van der Waals surface area contributed by atoms with E-state index in [-0.39, 0.29) is 12.2 Å². The third-order valence-corrected chi connectivity index (χ3v) is 7.37. The molecule has 31 heavy (non-hydrogen) atoms. The lowest BCUT2D eigenvalue weighted by Gasteiger charge is -2.24. The molecule has 1 atom stereocenters. The van der Waals surface area contributed by atoms with Crippen molar-refractivity contribution in [1.29, 1.82) is 0 Å². The average Bonchev–Trinajstić information content (AvgIpc) is 3.30. The average molecular weight is 519 g/mol. The van der Waals surface area contributed by atoms with Crippen molar-refractivity contribution in [3.05, 3.63) is 81.6 Å². The van der Waals surface area contributed by atoms with E-state index in [4.69, 9.17) is 9.47 Å². The van der Waals surface area contributed by atoms with Crippen molar-refractivity contribution < 1.29 is 14.3 Å². The van der Waals surface area contributed by atoms with Gasteiger partial charge in [-0.15, -0.1) is 11.3 Å². The van der Waals surface area contributed by atoms with Crippen molar-refractivity contribution in [1.82, 2.24) is 4.57 Å². The van der Waals surface area contributed by atoms with Crippen LogP contribution in [0.4, 0.5) is 0 Å². The van der Waals surface area contributed by atoms with Crippen molar-refractivity contribution in [2.45, 2.75) is 19.9 Å². The van der Waals surface area contributed by atoms with Gasteiger partial charge in [0.25, 0.3) is 5.56 Å². The summed E-state index contributed by atoms with van der Waals surface area (Å²) in [6, 6.07) is 10.6. The monoisotopic (exact) mass is 518 g/mol. The van der Waals surface area contributed by atoms with Gasteiger partial charge in [0.15, 0.2) is 4.80 Å². The standard InChI is InChI=1S/C22H19BrN2O4S2/c1-4-29-21(27)18-12(2)24-22-25(19(18)13-5-7-14(28-3)8-6-13)20(26)16(31-22)11-15-9-10-17(23)30-15/h5-11,19H,4H2,1-3H3/b16-11-/t19-/m0/s1. The Kier molecular flexibility index (Phi) is 6.27. The molecule has 6 nitrogen and oxygen atoms in total. The second-order valence-electron chi connectivity index (χ2n) is 6.72. The number of carbonyl (C=O) groups is 1. The number of methoxy groups -OCH3 is 1. The zero-order chi connectivity index (χ0) is 22.1. The summed E-state index contributed by atoms with van der Waals surface area (Å²) >= 11 is 6.30. The van der Waals surface area contributed by atoms with Gasteiger partial charge in [-0.25, -0.2) is 9.79 Å². The molecule has 1 aliphatic rings. The van der Waals surface area contributed by atoms with Crippen LogP contribution in [0.2, 0.25) is 0 Å². The van der Waals surface area contributed by atoms with Gasteiger partial charge in [-0.3, -0.25) is 9.36 Å². The number of halogens is 1. The predicted molar refractivity (Wildman–Crippen MR) is 125 cm³/mol. The van der Waals surface area contributed by atoms with E-state index in [9.17, 15) is 9.59 Å². The van der Waals surface area contributed by atoms with Crippen LogP contribution in [0.1, 0.15) is 30.3 Å². The highest BCUT2D eigenvalue weighted by Crippen LogP contribution is 2.31. The molecule has 1 aromatic carbocycles. The van der Waals surface area contributed by atoms with Crippen LogP contribution in [0.15, 0.2) is 61.2 Å². The van der Waals surface area contributed by atoms with Gasteiger partial charge < -0.3 is 9.47 Å². The topological polar surface area (TPSA) is 69.9 Å². The summed E-state index contributed by atoms with van der Waals surface area (Å²) in [6.45, 7) is 3.77. The third-order valence-electron chi connectivity index (χ3n) is 4.82. The molecule has 0 spiro atoms. The lowest BCUT2D eigenvalue weighted by Crippen LogP contribution is -2.39. The maximum Gasteiger partial charge on any atom is 0.338 e. The van der Waals surface area contributed by atoms with E-state index < -0.39 is 12.0 Å². The Balaban J connectivity index is 1.94. The van der Waals surface area contributed by atoms with Crippen molar-refractivity contribution in [2.24, 2.45) is 4.99 Å². The van der Waals surface area contributed by atoms with E-state index in [1.54, 1.807) is 36.9 Å². The van der Waals surface area contributed by atoms with Crippen LogP contribution in [0.3, 0.4) is 0 Å². The number of benzene rings is 1. The fourth-order valence-electron chi connectivity index (χ4n) is 3.43. The molecule has 3 aromatic rings.